The van der Waals surface area contributed by atoms with E-state index in [4.69, 9.17) is 5.73 Å². The number of aryl methyl sites for hydroxylation is 1. The summed E-state index contributed by atoms with van der Waals surface area (Å²) in [5.74, 6) is -2.05. The topological polar surface area (TPSA) is 63.8 Å². The lowest BCUT2D eigenvalue weighted by molar-refractivity contribution is 0.578. The molecule has 0 amide bonds. The number of nitrogens with two attached hydrogens (primary N) is 1. The number of anilines is 2. The van der Waals surface area contributed by atoms with Gasteiger partial charge in [0, 0.05) is 17.1 Å². The minimum absolute atomic E-state index is 0.0748. The van der Waals surface area contributed by atoms with Gasteiger partial charge < -0.3 is 11.1 Å². The van der Waals surface area contributed by atoms with Gasteiger partial charge in [0.2, 0.25) is 0 Å². The van der Waals surface area contributed by atoms with Crippen molar-refractivity contribution in [1.29, 1.82) is 0 Å². The van der Waals surface area contributed by atoms with Crippen molar-refractivity contribution in [1.82, 2.24) is 9.97 Å². The molecule has 0 fully saturated rings. The van der Waals surface area contributed by atoms with Gasteiger partial charge in [0.15, 0.2) is 23.3 Å². The van der Waals surface area contributed by atoms with E-state index < -0.39 is 11.6 Å². The lowest BCUT2D eigenvalue weighted by Gasteiger charge is -2.13. The van der Waals surface area contributed by atoms with Crippen molar-refractivity contribution in [3.8, 4) is 0 Å². The van der Waals surface area contributed by atoms with Gasteiger partial charge in [0.05, 0.1) is 6.04 Å². The fourth-order valence-corrected chi connectivity index (χ4v) is 2.20. The minimum atomic E-state index is -0.865. The van der Waals surface area contributed by atoms with E-state index in [0.29, 0.717) is 6.07 Å². The number of hydrogen-bond acceptors (Lipinski definition) is 5. The van der Waals surface area contributed by atoms with E-state index >= 15 is 0 Å². The average molecular weight is 270 g/mol. The van der Waals surface area contributed by atoms with Crippen molar-refractivity contribution < 1.29 is 8.78 Å². The highest BCUT2D eigenvalue weighted by atomic mass is 32.1. The highest BCUT2D eigenvalue weighted by molar-refractivity contribution is 7.11. The first-order valence-corrected chi connectivity index (χ1v) is 6.09. The number of pyridine rings is 1. The van der Waals surface area contributed by atoms with Crippen LogP contribution in [0.2, 0.25) is 0 Å². The zero-order valence-corrected chi connectivity index (χ0v) is 10.7. The zero-order valence-electron chi connectivity index (χ0n) is 9.87. The second-order valence-corrected chi connectivity index (χ2v) is 5.13. The van der Waals surface area contributed by atoms with Crippen LogP contribution >= 0.6 is 11.3 Å². The predicted molar refractivity (Wildman–Crippen MR) is 67.5 cm³/mol. The van der Waals surface area contributed by atoms with Gasteiger partial charge in [-0.1, -0.05) is 0 Å². The highest BCUT2D eigenvalue weighted by Crippen LogP contribution is 2.24. The van der Waals surface area contributed by atoms with E-state index in [1.807, 2.05) is 13.8 Å². The zero-order chi connectivity index (χ0) is 13.3. The quantitative estimate of drug-likeness (QED) is 0.900. The SMILES string of the molecule is Cc1cnc(C(C)Nc2nc(N)c(F)cc2F)s1. The van der Waals surface area contributed by atoms with Crippen molar-refractivity contribution in [2.24, 2.45) is 0 Å². The first-order chi connectivity index (χ1) is 8.47. The van der Waals surface area contributed by atoms with Crippen LogP contribution in [0.1, 0.15) is 22.9 Å². The fourth-order valence-electron chi connectivity index (χ4n) is 1.42. The summed E-state index contributed by atoms with van der Waals surface area (Å²) >= 11 is 1.50. The van der Waals surface area contributed by atoms with Crippen molar-refractivity contribution in [2.45, 2.75) is 19.9 Å². The van der Waals surface area contributed by atoms with Crippen molar-refractivity contribution in [2.75, 3.05) is 11.1 Å². The Kier molecular flexibility index (Phi) is 3.42. The molecule has 2 aromatic rings. The number of halogens is 2. The smallest absolute Gasteiger partial charge is 0.168 e. The summed E-state index contributed by atoms with van der Waals surface area (Å²) in [4.78, 5) is 8.88. The molecule has 1 unspecified atom stereocenters. The molecule has 1 atom stereocenters. The maximum absolute atomic E-state index is 13.5. The summed E-state index contributed by atoms with van der Waals surface area (Å²) in [5.41, 5.74) is 5.30. The van der Waals surface area contributed by atoms with Crippen LogP contribution in [0.4, 0.5) is 20.4 Å². The Morgan fingerprint density at radius 3 is 2.72 bits per heavy atom. The van der Waals surface area contributed by atoms with Crippen molar-refractivity contribution >= 4 is 23.0 Å². The van der Waals surface area contributed by atoms with Gasteiger partial charge >= 0.3 is 0 Å². The maximum atomic E-state index is 13.5. The van der Waals surface area contributed by atoms with E-state index in [-0.39, 0.29) is 17.7 Å². The molecule has 0 saturated carbocycles. The average Bonchev–Trinajstić information content (AvgIpc) is 2.73. The molecule has 96 valence electrons. The Bertz CT molecular complexity index is 570. The Hall–Kier alpha value is -1.76. The minimum Gasteiger partial charge on any atom is -0.381 e. The summed E-state index contributed by atoms with van der Waals surface area (Å²) in [6.45, 7) is 3.75. The second kappa shape index (κ2) is 4.85. The van der Waals surface area contributed by atoms with Crippen molar-refractivity contribution in [3.63, 3.8) is 0 Å². The second-order valence-electron chi connectivity index (χ2n) is 3.86. The van der Waals surface area contributed by atoms with E-state index in [1.54, 1.807) is 6.20 Å². The van der Waals surface area contributed by atoms with Gasteiger partial charge in [-0.3, -0.25) is 0 Å². The Balaban J connectivity index is 2.21. The van der Waals surface area contributed by atoms with Gasteiger partial charge in [-0.15, -0.1) is 11.3 Å². The Morgan fingerprint density at radius 1 is 1.39 bits per heavy atom. The van der Waals surface area contributed by atoms with E-state index in [9.17, 15) is 8.78 Å². The first-order valence-electron chi connectivity index (χ1n) is 5.27. The third-order valence-corrected chi connectivity index (χ3v) is 3.41. The van der Waals surface area contributed by atoms with Gasteiger partial charge in [0.1, 0.15) is 5.01 Å². The van der Waals surface area contributed by atoms with Crippen LogP contribution in [-0.2, 0) is 0 Å². The molecule has 0 aromatic carbocycles. The lowest BCUT2D eigenvalue weighted by atomic mass is 10.3. The Labute approximate surface area is 107 Å². The lowest BCUT2D eigenvalue weighted by Crippen LogP contribution is -2.11. The summed E-state index contributed by atoms with van der Waals surface area (Å²) in [6, 6.07) is 0.486. The van der Waals surface area contributed by atoms with E-state index in [2.05, 4.69) is 15.3 Å². The molecule has 7 heteroatoms. The number of nitrogens with zero attached hydrogens (tertiary/aromatic N) is 2. The molecule has 18 heavy (non-hydrogen) atoms. The molecule has 0 aliphatic rings. The van der Waals surface area contributed by atoms with Crippen LogP contribution in [0.25, 0.3) is 0 Å². The number of nitrogens with one attached hydrogen (secondary N) is 1. The third kappa shape index (κ3) is 2.56. The highest BCUT2D eigenvalue weighted by Gasteiger charge is 2.14. The molecular formula is C11H12F2N4S. The van der Waals surface area contributed by atoms with Crippen LogP contribution in [0.15, 0.2) is 12.3 Å². The van der Waals surface area contributed by atoms with Crippen LogP contribution in [0, 0.1) is 18.6 Å². The molecule has 2 heterocycles. The summed E-state index contributed by atoms with van der Waals surface area (Å²) in [5, 5.41) is 3.63. The van der Waals surface area contributed by atoms with Gasteiger partial charge in [-0.2, -0.15) is 0 Å². The number of aromatic nitrogens is 2. The van der Waals surface area contributed by atoms with E-state index in [0.717, 1.165) is 9.88 Å². The first kappa shape index (κ1) is 12.7. The molecule has 0 spiro atoms. The van der Waals surface area contributed by atoms with Gasteiger partial charge in [-0.05, 0) is 13.8 Å². The van der Waals surface area contributed by atoms with Gasteiger partial charge in [0.25, 0.3) is 0 Å². The van der Waals surface area contributed by atoms with Crippen LogP contribution in [0.5, 0.6) is 0 Å². The molecule has 0 saturated heterocycles. The van der Waals surface area contributed by atoms with Crippen LogP contribution in [0.3, 0.4) is 0 Å². The molecule has 2 aromatic heterocycles. The summed E-state index contributed by atoms with van der Waals surface area (Å²) in [6.07, 6.45) is 1.74. The number of rotatable bonds is 3. The molecular weight excluding hydrogens is 258 g/mol. The number of thiazole rings is 1. The van der Waals surface area contributed by atoms with Crippen LogP contribution < -0.4 is 11.1 Å². The molecule has 0 aliphatic carbocycles. The largest absolute Gasteiger partial charge is 0.381 e. The molecule has 0 bridgehead atoms. The molecule has 4 nitrogen and oxygen atoms in total. The molecule has 0 radical (unpaired) electrons. The Morgan fingerprint density at radius 2 is 2.11 bits per heavy atom. The monoisotopic (exact) mass is 270 g/mol. The third-order valence-electron chi connectivity index (χ3n) is 2.32. The van der Waals surface area contributed by atoms with Crippen LogP contribution in [-0.4, -0.2) is 9.97 Å². The normalized spacial score (nSPS) is 12.4. The molecule has 0 aliphatic heterocycles. The standard InChI is InChI=1S/C11H12F2N4S/c1-5-4-15-11(18-5)6(2)16-10-8(13)3-7(12)9(14)17-10/h3-4,6H,1-2H3,(H3,14,16,17). The summed E-state index contributed by atoms with van der Waals surface area (Å²) in [7, 11) is 0. The van der Waals surface area contributed by atoms with Gasteiger partial charge in [-0.25, -0.2) is 18.7 Å². The predicted octanol–water partition coefficient (Wildman–Crippen LogP) is 2.88. The number of hydrogen-bond donors (Lipinski definition) is 2. The molecule has 3 N–H and O–H groups in total. The number of nitrogen functional groups attached to an aromatic ring is 1. The molecule has 2 rings (SSSR count). The summed E-state index contributed by atoms with van der Waals surface area (Å²) < 4.78 is 26.4. The van der Waals surface area contributed by atoms with E-state index in [1.165, 1.54) is 11.3 Å². The maximum Gasteiger partial charge on any atom is 0.168 e. The fraction of sp³-hybridized carbons (Fsp3) is 0.273. The van der Waals surface area contributed by atoms with Crippen molar-refractivity contribution in [3.05, 3.63) is 33.8 Å².